The second-order valence-corrected chi connectivity index (χ2v) is 6.22. The Hall–Kier alpha value is -3.14. The molecule has 3 rings (SSSR count). The SMILES string of the molecule is COc1cccc(C2=NN(C(=O)COc3ccc(F)cc3)[C@@](O)(C(F)(F)F)C2)c1. The van der Waals surface area contributed by atoms with Gasteiger partial charge in [-0.1, -0.05) is 12.1 Å². The molecule has 0 bridgehead atoms. The van der Waals surface area contributed by atoms with Gasteiger partial charge in [0, 0.05) is 5.56 Å². The fourth-order valence-corrected chi connectivity index (χ4v) is 2.73. The highest BCUT2D eigenvalue weighted by molar-refractivity contribution is 6.03. The number of rotatable bonds is 5. The van der Waals surface area contributed by atoms with Gasteiger partial charge in [-0.15, -0.1) is 0 Å². The van der Waals surface area contributed by atoms with Crippen molar-refractivity contribution in [3.05, 3.63) is 59.9 Å². The maximum absolute atomic E-state index is 13.6. The Labute approximate surface area is 163 Å². The summed E-state index contributed by atoms with van der Waals surface area (Å²) in [5, 5.41) is 14.0. The number of carbonyl (C=O) groups is 1. The van der Waals surface area contributed by atoms with E-state index in [0.29, 0.717) is 5.75 Å². The van der Waals surface area contributed by atoms with E-state index < -0.39 is 36.7 Å². The second-order valence-electron chi connectivity index (χ2n) is 6.22. The fourth-order valence-electron chi connectivity index (χ4n) is 2.73. The zero-order valence-electron chi connectivity index (χ0n) is 15.1. The lowest BCUT2D eigenvalue weighted by Crippen LogP contribution is -2.57. The Morgan fingerprint density at radius 1 is 1.21 bits per heavy atom. The summed E-state index contributed by atoms with van der Waals surface area (Å²) in [5.41, 5.74) is -3.39. The van der Waals surface area contributed by atoms with Gasteiger partial charge in [0.1, 0.15) is 17.3 Å². The molecule has 1 aliphatic heterocycles. The van der Waals surface area contributed by atoms with E-state index in [-0.39, 0.29) is 22.0 Å². The molecule has 154 valence electrons. The molecule has 0 saturated carbocycles. The van der Waals surface area contributed by atoms with Crippen molar-refractivity contribution in [3.63, 3.8) is 0 Å². The number of hydrogen-bond acceptors (Lipinski definition) is 5. The van der Waals surface area contributed by atoms with Crippen LogP contribution in [0.3, 0.4) is 0 Å². The average Bonchev–Trinajstić information content (AvgIpc) is 3.06. The van der Waals surface area contributed by atoms with Gasteiger partial charge in [0.05, 0.1) is 19.2 Å². The minimum absolute atomic E-state index is 0.0225. The maximum atomic E-state index is 13.6. The molecule has 29 heavy (non-hydrogen) atoms. The van der Waals surface area contributed by atoms with Crippen LogP contribution in [0.1, 0.15) is 12.0 Å². The molecule has 6 nitrogen and oxygen atoms in total. The van der Waals surface area contributed by atoms with Crippen LogP contribution in [0.5, 0.6) is 11.5 Å². The predicted octanol–water partition coefficient (Wildman–Crippen LogP) is 3.10. The van der Waals surface area contributed by atoms with Crippen LogP contribution in [-0.4, -0.2) is 47.4 Å². The molecule has 1 N–H and O–H groups in total. The van der Waals surface area contributed by atoms with Gasteiger partial charge in [0.25, 0.3) is 11.6 Å². The van der Waals surface area contributed by atoms with Crippen LogP contribution >= 0.6 is 0 Å². The molecular formula is C19H16F4N2O4. The van der Waals surface area contributed by atoms with E-state index in [1.807, 2.05) is 0 Å². The average molecular weight is 412 g/mol. The molecule has 0 fully saturated rings. The number of amides is 1. The first-order valence-corrected chi connectivity index (χ1v) is 8.36. The first-order chi connectivity index (χ1) is 13.6. The summed E-state index contributed by atoms with van der Waals surface area (Å²) in [6.07, 6.45) is -6.12. The van der Waals surface area contributed by atoms with Crippen molar-refractivity contribution in [2.45, 2.75) is 18.3 Å². The normalized spacial score (nSPS) is 19.1. The van der Waals surface area contributed by atoms with Crippen LogP contribution in [0, 0.1) is 5.82 Å². The summed E-state index contributed by atoms with van der Waals surface area (Å²) in [5.74, 6) is -1.30. The molecule has 0 radical (unpaired) electrons. The number of nitrogens with zero attached hydrogens (tertiary/aromatic N) is 2. The Balaban J connectivity index is 1.86. The number of hydrogen-bond donors (Lipinski definition) is 1. The van der Waals surface area contributed by atoms with Crippen molar-refractivity contribution >= 4 is 11.6 Å². The lowest BCUT2D eigenvalue weighted by Gasteiger charge is -2.32. The molecule has 10 heteroatoms. The molecule has 0 unspecified atom stereocenters. The van der Waals surface area contributed by atoms with Gasteiger partial charge >= 0.3 is 6.18 Å². The van der Waals surface area contributed by atoms with Crippen LogP contribution in [0.25, 0.3) is 0 Å². The van der Waals surface area contributed by atoms with Crippen LogP contribution in [0.15, 0.2) is 53.6 Å². The molecule has 1 heterocycles. The Kier molecular flexibility index (Phi) is 5.47. The van der Waals surface area contributed by atoms with Crippen molar-refractivity contribution in [2.75, 3.05) is 13.7 Å². The van der Waals surface area contributed by atoms with E-state index in [4.69, 9.17) is 9.47 Å². The summed E-state index contributed by atoms with van der Waals surface area (Å²) in [7, 11) is 1.39. The molecule has 1 atom stereocenters. The van der Waals surface area contributed by atoms with E-state index in [1.165, 1.54) is 31.4 Å². The lowest BCUT2D eigenvalue weighted by molar-refractivity contribution is -0.302. The Bertz CT molecular complexity index is 931. The van der Waals surface area contributed by atoms with Crippen LogP contribution in [-0.2, 0) is 4.79 Å². The van der Waals surface area contributed by atoms with Gasteiger partial charge in [-0.25, -0.2) is 4.39 Å². The number of methoxy groups -OCH3 is 1. The molecule has 0 aliphatic carbocycles. The first-order valence-electron chi connectivity index (χ1n) is 8.36. The third kappa shape index (κ3) is 4.16. The number of halogens is 4. The number of aliphatic hydroxyl groups is 1. The highest BCUT2D eigenvalue weighted by atomic mass is 19.4. The van der Waals surface area contributed by atoms with Gasteiger partial charge in [-0.05, 0) is 36.4 Å². The molecular weight excluding hydrogens is 396 g/mol. The van der Waals surface area contributed by atoms with Gasteiger partial charge in [-0.3, -0.25) is 4.79 Å². The minimum atomic E-state index is -5.16. The highest BCUT2D eigenvalue weighted by Crippen LogP contribution is 2.41. The quantitative estimate of drug-likeness (QED) is 0.767. The molecule has 0 saturated heterocycles. The monoisotopic (exact) mass is 412 g/mol. The molecule has 2 aromatic carbocycles. The van der Waals surface area contributed by atoms with Crippen molar-refractivity contribution in [3.8, 4) is 11.5 Å². The minimum Gasteiger partial charge on any atom is -0.497 e. The van der Waals surface area contributed by atoms with Crippen molar-refractivity contribution in [1.82, 2.24) is 5.01 Å². The zero-order chi connectivity index (χ0) is 21.2. The molecule has 2 aromatic rings. The fraction of sp³-hybridized carbons (Fsp3) is 0.263. The summed E-state index contributed by atoms with van der Waals surface area (Å²) >= 11 is 0. The third-order valence-corrected chi connectivity index (χ3v) is 4.25. The van der Waals surface area contributed by atoms with Crippen LogP contribution in [0.2, 0.25) is 0 Å². The largest absolute Gasteiger partial charge is 0.497 e. The van der Waals surface area contributed by atoms with E-state index in [9.17, 15) is 27.5 Å². The number of hydrazone groups is 1. The smallest absolute Gasteiger partial charge is 0.438 e. The van der Waals surface area contributed by atoms with Gasteiger partial charge in [0.15, 0.2) is 6.61 Å². The zero-order valence-corrected chi connectivity index (χ0v) is 15.1. The molecule has 1 amide bonds. The Morgan fingerprint density at radius 2 is 1.90 bits per heavy atom. The lowest BCUT2D eigenvalue weighted by atomic mass is 10.0. The third-order valence-electron chi connectivity index (χ3n) is 4.25. The van der Waals surface area contributed by atoms with E-state index in [2.05, 4.69) is 5.10 Å². The number of carbonyl (C=O) groups excluding carboxylic acids is 1. The standard InChI is InChI=1S/C19H16F4N2O4/c1-28-15-4-2-3-12(9-15)16-10-18(27,19(21,22)23)25(24-16)17(26)11-29-14-7-5-13(20)6-8-14/h2-9,27H,10-11H2,1H3/t18-/m0/s1. The van der Waals surface area contributed by atoms with Crippen LogP contribution in [0.4, 0.5) is 17.6 Å². The summed E-state index contributed by atoms with van der Waals surface area (Å²) in [6.45, 7) is -0.834. The summed E-state index contributed by atoms with van der Waals surface area (Å²) in [6, 6.07) is 10.6. The van der Waals surface area contributed by atoms with Crippen molar-refractivity contribution in [2.24, 2.45) is 5.10 Å². The number of alkyl halides is 3. The van der Waals surface area contributed by atoms with E-state index >= 15 is 0 Å². The molecule has 1 aliphatic rings. The van der Waals surface area contributed by atoms with Crippen molar-refractivity contribution < 1.29 is 36.9 Å². The summed E-state index contributed by atoms with van der Waals surface area (Å²) in [4.78, 5) is 12.4. The highest BCUT2D eigenvalue weighted by Gasteiger charge is 2.63. The number of benzene rings is 2. The van der Waals surface area contributed by atoms with Gasteiger partial charge in [-0.2, -0.15) is 23.3 Å². The Morgan fingerprint density at radius 3 is 2.52 bits per heavy atom. The predicted molar refractivity (Wildman–Crippen MR) is 93.9 cm³/mol. The van der Waals surface area contributed by atoms with Crippen molar-refractivity contribution in [1.29, 1.82) is 0 Å². The topological polar surface area (TPSA) is 71.4 Å². The van der Waals surface area contributed by atoms with Gasteiger partial charge < -0.3 is 14.6 Å². The summed E-state index contributed by atoms with van der Waals surface area (Å²) < 4.78 is 63.8. The maximum Gasteiger partial charge on any atom is 0.438 e. The van der Waals surface area contributed by atoms with Gasteiger partial charge in [0.2, 0.25) is 0 Å². The van der Waals surface area contributed by atoms with E-state index in [1.54, 1.807) is 12.1 Å². The molecule has 0 aromatic heterocycles. The molecule has 0 spiro atoms. The first kappa shape index (κ1) is 20.6. The van der Waals surface area contributed by atoms with E-state index in [0.717, 1.165) is 12.1 Å². The second kappa shape index (κ2) is 7.70. The number of ether oxygens (including phenoxy) is 2. The van der Waals surface area contributed by atoms with Crippen LogP contribution < -0.4 is 9.47 Å².